The van der Waals surface area contributed by atoms with Crippen molar-refractivity contribution in [3.63, 3.8) is 0 Å². The maximum absolute atomic E-state index is 13.2. The number of nitrogens with zero attached hydrogens (tertiary/aromatic N) is 3. The Morgan fingerprint density at radius 2 is 1.97 bits per heavy atom. The zero-order chi connectivity index (χ0) is 22.7. The van der Waals surface area contributed by atoms with E-state index >= 15 is 0 Å². The van der Waals surface area contributed by atoms with E-state index in [0.29, 0.717) is 51.4 Å². The summed E-state index contributed by atoms with van der Waals surface area (Å²) in [6.07, 6.45) is 1.96. The Hall–Kier alpha value is -2.07. The first-order valence-corrected chi connectivity index (χ1v) is 13.0. The highest BCUT2D eigenvalue weighted by atomic mass is 35.5. The highest BCUT2D eigenvalue weighted by Gasteiger charge is 2.26. The van der Waals surface area contributed by atoms with E-state index in [1.54, 1.807) is 11.8 Å². The molecule has 10 heteroatoms. The molecule has 1 saturated heterocycles. The van der Waals surface area contributed by atoms with Crippen LogP contribution in [0.4, 0.5) is 0 Å². The number of aromatic amines is 1. The van der Waals surface area contributed by atoms with Crippen molar-refractivity contribution in [3.8, 4) is 5.75 Å². The Kier molecular flexibility index (Phi) is 7.40. The van der Waals surface area contributed by atoms with Gasteiger partial charge >= 0.3 is 0 Å². The van der Waals surface area contributed by atoms with Crippen molar-refractivity contribution >= 4 is 50.8 Å². The third-order valence-corrected chi connectivity index (χ3v) is 7.46. The van der Waals surface area contributed by atoms with Crippen LogP contribution in [-0.2, 0) is 5.75 Å². The highest BCUT2D eigenvalue weighted by molar-refractivity contribution is 7.97. The topological polar surface area (TPSA) is 78.5 Å². The van der Waals surface area contributed by atoms with Gasteiger partial charge in [-0.15, -0.1) is 11.3 Å². The number of thioether (sulfide) groups is 1. The molecule has 1 aromatic carbocycles. The molecule has 1 aliphatic heterocycles. The van der Waals surface area contributed by atoms with Crippen LogP contribution in [0.5, 0.6) is 5.75 Å². The van der Waals surface area contributed by atoms with Gasteiger partial charge in [0, 0.05) is 37.7 Å². The Labute approximate surface area is 199 Å². The molecule has 4 rings (SSSR count). The number of hydrogen-bond donors (Lipinski definition) is 1. The average molecular weight is 493 g/mol. The number of nitrogens with one attached hydrogen (secondary N) is 1. The van der Waals surface area contributed by atoms with E-state index in [-0.39, 0.29) is 11.5 Å². The largest absolute Gasteiger partial charge is 0.492 e. The Balaban J connectivity index is 1.35. The van der Waals surface area contributed by atoms with Gasteiger partial charge in [0.2, 0.25) is 0 Å². The van der Waals surface area contributed by atoms with Gasteiger partial charge in [-0.3, -0.25) is 14.5 Å². The molecule has 1 N–H and O–H groups in total. The van der Waals surface area contributed by atoms with E-state index in [4.69, 9.17) is 16.3 Å². The van der Waals surface area contributed by atoms with E-state index < -0.39 is 0 Å². The Morgan fingerprint density at radius 1 is 1.25 bits per heavy atom. The van der Waals surface area contributed by atoms with Crippen LogP contribution in [0, 0.1) is 6.92 Å². The molecule has 0 bridgehead atoms. The van der Waals surface area contributed by atoms with Gasteiger partial charge in [0.15, 0.2) is 0 Å². The number of H-pyrrole nitrogens is 1. The Bertz CT molecular complexity index is 1150. The first kappa shape index (κ1) is 23.1. The quantitative estimate of drug-likeness (QED) is 0.542. The van der Waals surface area contributed by atoms with Crippen molar-refractivity contribution in [2.75, 3.05) is 45.6 Å². The number of piperazine rings is 1. The van der Waals surface area contributed by atoms with Crippen LogP contribution in [0.2, 0.25) is 5.02 Å². The van der Waals surface area contributed by atoms with Crippen LogP contribution < -0.4 is 10.3 Å². The number of carbonyl (C=O) groups excluding carboxylic acids is 1. The number of amides is 1. The molecule has 3 heterocycles. The van der Waals surface area contributed by atoms with Crippen LogP contribution in [0.3, 0.4) is 0 Å². The van der Waals surface area contributed by atoms with Crippen molar-refractivity contribution in [1.29, 1.82) is 0 Å². The Morgan fingerprint density at radius 3 is 2.66 bits per heavy atom. The SMILES string of the molecule is CSCc1nc2sc(C(=O)N3CCN(CCOc4ccc(Cl)cc4)CC3)c(C)c2c(=O)[nH]1. The third kappa shape index (κ3) is 5.11. The summed E-state index contributed by atoms with van der Waals surface area (Å²) >= 11 is 8.81. The molecular formula is C22H25ClN4O3S2. The average Bonchev–Trinajstić information content (AvgIpc) is 3.12. The van der Waals surface area contributed by atoms with Crippen LogP contribution >= 0.6 is 34.7 Å². The molecule has 0 radical (unpaired) electrons. The number of hydrogen-bond acceptors (Lipinski definition) is 7. The number of thiophene rings is 1. The fourth-order valence-corrected chi connectivity index (χ4v) is 5.44. The first-order valence-electron chi connectivity index (χ1n) is 10.4. The summed E-state index contributed by atoms with van der Waals surface area (Å²) in [6, 6.07) is 7.33. The van der Waals surface area contributed by atoms with Gasteiger partial charge in [-0.25, -0.2) is 4.98 Å². The summed E-state index contributed by atoms with van der Waals surface area (Å²) in [4.78, 5) is 38.5. The molecule has 1 aliphatic rings. The van der Waals surface area contributed by atoms with E-state index in [1.807, 2.05) is 42.3 Å². The highest BCUT2D eigenvalue weighted by Crippen LogP contribution is 2.28. The van der Waals surface area contributed by atoms with Gasteiger partial charge in [0.25, 0.3) is 11.5 Å². The van der Waals surface area contributed by atoms with E-state index in [0.717, 1.165) is 30.9 Å². The molecule has 1 fully saturated rings. The van der Waals surface area contributed by atoms with Crippen LogP contribution in [0.1, 0.15) is 21.1 Å². The number of benzene rings is 1. The molecule has 0 spiro atoms. The van der Waals surface area contributed by atoms with Gasteiger partial charge in [0.05, 0.1) is 16.0 Å². The van der Waals surface area contributed by atoms with Gasteiger partial charge in [-0.1, -0.05) is 11.6 Å². The minimum atomic E-state index is -0.169. The molecule has 7 nitrogen and oxygen atoms in total. The number of aryl methyl sites for hydroxylation is 1. The number of aromatic nitrogens is 2. The number of carbonyl (C=O) groups is 1. The van der Waals surface area contributed by atoms with Crippen molar-refractivity contribution in [1.82, 2.24) is 19.8 Å². The van der Waals surface area contributed by atoms with E-state index in [9.17, 15) is 9.59 Å². The van der Waals surface area contributed by atoms with Gasteiger partial charge in [-0.2, -0.15) is 11.8 Å². The normalized spacial score (nSPS) is 14.8. The number of ether oxygens (including phenoxy) is 1. The minimum absolute atomic E-state index is 0.0200. The van der Waals surface area contributed by atoms with Crippen LogP contribution in [0.25, 0.3) is 10.2 Å². The molecule has 0 unspecified atom stereocenters. The molecule has 170 valence electrons. The number of rotatable bonds is 7. The molecule has 3 aromatic rings. The van der Waals surface area contributed by atoms with Crippen molar-refractivity contribution < 1.29 is 9.53 Å². The summed E-state index contributed by atoms with van der Waals surface area (Å²) in [5.74, 6) is 2.06. The van der Waals surface area contributed by atoms with Gasteiger partial charge < -0.3 is 14.6 Å². The van der Waals surface area contributed by atoms with E-state index in [1.165, 1.54) is 11.3 Å². The minimum Gasteiger partial charge on any atom is -0.492 e. The predicted molar refractivity (Wildman–Crippen MR) is 131 cm³/mol. The van der Waals surface area contributed by atoms with E-state index in [2.05, 4.69) is 14.9 Å². The lowest BCUT2D eigenvalue weighted by Crippen LogP contribution is -2.49. The summed E-state index contributed by atoms with van der Waals surface area (Å²) in [7, 11) is 0. The smallest absolute Gasteiger partial charge is 0.264 e. The predicted octanol–water partition coefficient (Wildman–Crippen LogP) is 3.65. The summed E-state index contributed by atoms with van der Waals surface area (Å²) in [6.45, 7) is 6.08. The molecular weight excluding hydrogens is 468 g/mol. The fraction of sp³-hybridized carbons (Fsp3) is 0.409. The summed E-state index contributed by atoms with van der Waals surface area (Å²) in [5.41, 5.74) is 0.551. The van der Waals surface area contributed by atoms with Crippen molar-refractivity contribution in [2.24, 2.45) is 0 Å². The second-order valence-electron chi connectivity index (χ2n) is 7.62. The fourth-order valence-electron chi connectivity index (χ4n) is 3.74. The van der Waals surface area contributed by atoms with Crippen molar-refractivity contribution in [2.45, 2.75) is 12.7 Å². The van der Waals surface area contributed by atoms with Gasteiger partial charge in [0.1, 0.15) is 23.0 Å². The molecule has 2 aromatic heterocycles. The molecule has 0 saturated carbocycles. The molecule has 0 aliphatic carbocycles. The zero-order valence-electron chi connectivity index (χ0n) is 18.0. The van der Waals surface area contributed by atoms with Crippen LogP contribution in [0.15, 0.2) is 29.1 Å². The zero-order valence-corrected chi connectivity index (χ0v) is 20.4. The lowest BCUT2D eigenvalue weighted by molar-refractivity contribution is 0.0624. The monoisotopic (exact) mass is 492 g/mol. The molecule has 1 amide bonds. The first-order chi connectivity index (χ1) is 15.5. The lowest BCUT2D eigenvalue weighted by Gasteiger charge is -2.34. The van der Waals surface area contributed by atoms with Crippen LogP contribution in [-0.4, -0.2) is 71.3 Å². The number of halogens is 1. The maximum atomic E-state index is 13.2. The van der Waals surface area contributed by atoms with Crippen molar-refractivity contribution in [3.05, 3.63) is 55.9 Å². The lowest BCUT2D eigenvalue weighted by atomic mass is 10.2. The second-order valence-corrected chi connectivity index (χ2v) is 9.92. The second kappa shape index (κ2) is 10.2. The number of fused-ring (bicyclic) bond motifs is 1. The summed E-state index contributed by atoms with van der Waals surface area (Å²) < 4.78 is 5.77. The summed E-state index contributed by atoms with van der Waals surface area (Å²) in [5, 5.41) is 1.22. The molecule has 0 atom stereocenters. The maximum Gasteiger partial charge on any atom is 0.264 e. The third-order valence-electron chi connectivity index (χ3n) is 5.47. The van der Waals surface area contributed by atoms with Gasteiger partial charge in [-0.05, 0) is 43.0 Å². The standard InChI is InChI=1S/C22H25ClN4O3S2/c1-14-18-20(28)24-17(13-31-2)25-21(18)32-19(14)22(29)27-9-7-26(8-10-27)11-12-30-16-5-3-15(23)4-6-16/h3-6H,7-13H2,1-2H3,(H,24,25,28). The molecule has 32 heavy (non-hydrogen) atoms.